The van der Waals surface area contributed by atoms with Crippen molar-refractivity contribution >= 4 is 22.7 Å². The van der Waals surface area contributed by atoms with E-state index in [9.17, 15) is 0 Å². The Labute approximate surface area is 109 Å². The van der Waals surface area contributed by atoms with Crippen molar-refractivity contribution in [1.82, 2.24) is 15.3 Å². The quantitative estimate of drug-likeness (QED) is 0.746. The zero-order valence-electron chi connectivity index (χ0n) is 9.56. The van der Waals surface area contributed by atoms with Crippen LogP contribution in [0.5, 0.6) is 0 Å². The molecule has 0 unspecified atom stereocenters. The van der Waals surface area contributed by atoms with Gasteiger partial charge in [-0.3, -0.25) is 0 Å². The van der Waals surface area contributed by atoms with Crippen molar-refractivity contribution < 1.29 is 0 Å². The normalized spacial score (nSPS) is 10.9. The van der Waals surface area contributed by atoms with Crippen molar-refractivity contribution in [2.75, 3.05) is 13.1 Å². The second kappa shape index (κ2) is 6.80. The smallest absolute Gasteiger partial charge is 0.0941 e. The highest BCUT2D eigenvalue weighted by atomic mass is 32.1. The molecule has 2 rings (SSSR count). The lowest BCUT2D eigenvalue weighted by Gasteiger charge is -2.00. The van der Waals surface area contributed by atoms with Crippen molar-refractivity contribution in [3.05, 3.63) is 32.7 Å². The molecule has 0 saturated carbocycles. The largest absolute Gasteiger partial charge is 0.330 e. The number of rotatable bonds is 7. The summed E-state index contributed by atoms with van der Waals surface area (Å²) >= 11 is 3.33. The lowest BCUT2D eigenvalue weighted by atomic mass is 10.3. The summed E-state index contributed by atoms with van der Waals surface area (Å²) in [4.78, 5) is 8.74. The van der Waals surface area contributed by atoms with Crippen molar-refractivity contribution in [1.29, 1.82) is 0 Å². The molecular weight excluding hydrogens is 252 g/mol. The maximum Gasteiger partial charge on any atom is 0.0941 e. The highest BCUT2D eigenvalue weighted by Crippen LogP contribution is 2.09. The molecule has 6 heteroatoms. The molecule has 0 bridgehead atoms. The summed E-state index contributed by atoms with van der Waals surface area (Å²) in [5.74, 6) is 0. The number of hydrogen-bond donors (Lipinski definition) is 2. The summed E-state index contributed by atoms with van der Waals surface area (Å²) in [6, 6.07) is 0. The number of nitrogens with two attached hydrogens (primary N) is 1. The molecule has 0 spiro atoms. The second-order valence-electron chi connectivity index (χ2n) is 3.68. The minimum absolute atomic E-state index is 0.671. The molecule has 2 aromatic rings. The summed E-state index contributed by atoms with van der Waals surface area (Å²) in [6.07, 6.45) is 1.85. The Morgan fingerprint density at radius 3 is 2.94 bits per heavy atom. The zero-order valence-corrected chi connectivity index (χ0v) is 11.2. The van der Waals surface area contributed by atoms with Gasteiger partial charge in [0.05, 0.1) is 21.9 Å². The first kappa shape index (κ1) is 12.6. The van der Waals surface area contributed by atoms with Gasteiger partial charge >= 0.3 is 0 Å². The van der Waals surface area contributed by atoms with Crippen LogP contribution in [0.3, 0.4) is 0 Å². The van der Waals surface area contributed by atoms with Gasteiger partial charge in [-0.1, -0.05) is 0 Å². The predicted octanol–water partition coefficient (Wildman–Crippen LogP) is 1.43. The van der Waals surface area contributed by atoms with E-state index in [4.69, 9.17) is 5.73 Å². The van der Waals surface area contributed by atoms with Gasteiger partial charge in [-0.15, -0.1) is 22.7 Å². The maximum atomic E-state index is 5.49. The van der Waals surface area contributed by atoms with Crippen molar-refractivity contribution in [2.24, 2.45) is 5.73 Å². The lowest BCUT2D eigenvalue weighted by molar-refractivity contribution is 0.670. The third-order valence-corrected chi connectivity index (χ3v) is 3.90. The molecule has 0 aliphatic heterocycles. The molecule has 0 aliphatic rings. The Kier molecular flexibility index (Phi) is 5.06. The van der Waals surface area contributed by atoms with Gasteiger partial charge in [0.25, 0.3) is 0 Å². The fraction of sp³-hybridized carbons (Fsp3) is 0.455. The van der Waals surface area contributed by atoms with Crippen LogP contribution in [0.2, 0.25) is 0 Å². The van der Waals surface area contributed by atoms with E-state index >= 15 is 0 Å². The van der Waals surface area contributed by atoms with Crippen LogP contribution < -0.4 is 11.1 Å². The summed E-state index contributed by atoms with van der Waals surface area (Å²) < 4.78 is 0. The van der Waals surface area contributed by atoms with E-state index in [2.05, 4.69) is 26.0 Å². The molecule has 2 aromatic heterocycles. The molecule has 0 fully saturated rings. The van der Waals surface area contributed by atoms with Gasteiger partial charge in [-0.2, -0.15) is 0 Å². The highest BCUT2D eigenvalue weighted by molar-refractivity contribution is 7.09. The highest BCUT2D eigenvalue weighted by Gasteiger charge is 2.01. The van der Waals surface area contributed by atoms with Crippen LogP contribution in [0.15, 0.2) is 16.3 Å². The summed E-state index contributed by atoms with van der Waals surface area (Å²) in [5, 5.41) is 8.69. The Hall–Kier alpha value is -0.820. The third-order valence-electron chi connectivity index (χ3n) is 2.31. The van der Waals surface area contributed by atoms with Gasteiger partial charge < -0.3 is 11.1 Å². The topological polar surface area (TPSA) is 63.8 Å². The Morgan fingerprint density at radius 1 is 1.24 bits per heavy atom. The minimum atomic E-state index is 0.671. The summed E-state index contributed by atoms with van der Waals surface area (Å²) in [5.41, 5.74) is 9.63. The van der Waals surface area contributed by atoms with E-state index in [0.29, 0.717) is 6.54 Å². The fourth-order valence-electron chi connectivity index (χ4n) is 1.46. The Balaban J connectivity index is 1.67. The standard InChI is InChI=1S/C11H16N4S2/c12-3-1-11-15-10(7-17-11)5-13-4-2-9-6-16-8-14-9/h6-8,13H,1-5,12H2. The van der Waals surface area contributed by atoms with Gasteiger partial charge in [0.1, 0.15) is 0 Å². The van der Waals surface area contributed by atoms with Gasteiger partial charge in [-0.05, 0) is 6.54 Å². The molecular formula is C11H16N4S2. The molecule has 4 nitrogen and oxygen atoms in total. The molecule has 0 saturated heterocycles. The lowest BCUT2D eigenvalue weighted by Crippen LogP contribution is -2.17. The third kappa shape index (κ3) is 4.16. The SMILES string of the molecule is NCCc1nc(CNCCc2cscn2)cs1. The van der Waals surface area contributed by atoms with Gasteiger partial charge in [0.2, 0.25) is 0 Å². The number of nitrogens with one attached hydrogen (secondary N) is 1. The number of hydrogen-bond acceptors (Lipinski definition) is 6. The van der Waals surface area contributed by atoms with Crippen LogP contribution in [-0.2, 0) is 19.4 Å². The van der Waals surface area contributed by atoms with Crippen molar-refractivity contribution in [3.63, 3.8) is 0 Å². The second-order valence-corrected chi connectivity index (χ2v) is 5.34. The average molecular weight is 268 g/mol. The molecule has 17 heavy (non-hydrogen) atoms. The Bertz CT molecular complexity index is 424. The number of thiazole rings is 2. The fourth-order valence-corrected chi connectivity index (χ4v) is 2.87. The van der Waals surface area contributed by atoms with Crippen molar-refractivity contribution in [3.8, 4) is 0 Å². The van der Waals surface area contributed by atoms with Gasteiger partial charge in [-0.25, -0.2) is 9.97 Å². The summed E-state index contributed by atoms with van der Waals surface area (Å²) in [6.45, 7) is 2.43. The van der Waals surface area contributed by atoms with Gasteiger partial charge in [0, 0.05) is 36.7 Å². The van der Waals surface area contributed by atoms with E-state index in [1.165, 1.54) is 0 Å². The van der Waals surface area contributed by atoms with Crippen LogP contribution in [0.25, 0.3) is 0 Å². The average Bonchev–Trinajstić information content (AvgIpc) is 2.96. The molecule has 3 N–H and O–H groups in total. The van der Waals surface area contributed by atoms with Gasteiger partial charge in [0.15, 0.2) is 0 Å². The van der Waals surface area contributed by atoms with E-state index in [1.807, 2.05) is 5.51 Å². The van der Waals surface area contributed by atoms with Crippen LogP contribution in [-0.4, -0.2) is 23.1 Å². The van der Waals surface area contributed by atoms with Crippen LogP contribution >= 0.6 is 22.7 Å². The maximum absolute atomic E-state index is 5.49. The monoisotopic (exact) mass is 268 g/mol. The Morgan fingerprint density at radius 2 is 2.18 bits per heavy atom. The molecule has 92 valence electrons. The van der Waals surface area contributed by atoms with Crippen molar-refractivity contribution in [2.45, 2.75) is 19.4 Å². The van der Waals surface area contributed by atoms with Crippen LogP contribution in [0, 0.1) is 0 Å². The van der Waals surface area contributed by atoms with Crippen LogP contribution in [0.1, 0.15) is 16.4 Å². The summed E-state index contributed by atoms with van der Waals surface area (Å²) in [7, 11) is 0. The molecule has 2 heterocycles. The van der Waals surface area contributed by atoms with E-state index in [-0.39, 0.29) is 0 Å². The molecule has 0 amide bonds. The minimum Gasteiger partial charge on any atom is -0.330 e. The van der Waals surface area contributed by atoms with E-state index < -0.39 is 0 Å². The predicted molar refractivity (Wildman–Crippen MR) is 72.4 cm³/mol. The molecule has 0 aliphatic carbocycles. The first-order valence-electron chi connectivity index (χ1n) is 5.59. The molecule has 0 atom stereocenters. The molecule has 0 aromatic carbocycles. The first-order chi connectivity index (χ1) is 8.38. The van der Waals surface area contributed by atoms with E-state index in [1.54, 1.807) is 22.7 Å². The molecule has 0 radical (unpaired) electrons. The van der Waals surface area contributed by atoms with Crippen LogP contribution in [0.4, 0.5) is 0 Å². The first-order valence-corrected chi connectivity index (χ1v) is 7.42. The number of nitrogens with zero attached hydrogens (tertiary/aromatic N) is 2. The van der Waals surface area contributed by atoms with E-state index in [0.717, 1.165) is 42.3 Å². The number of aromatic nitrogens is 2. The zero-order chi connectivity index (χ0) is 11.9.